The lowest BCUT2D eigenvalue weighted by Crippen LogP contribution is -2.47. The van der Waals surface area contributed by atoms with Gasteiger partial charge in [0.25, 0.3) is 5.91 Å². The summed E-state index contributed by atoms with van der Waals surface area (Å²) in [5.74, 6) is 0.613. The van der Waals surface area contributed by atoms with Crippen LogP contribution in [0.15, 0.2) is 23.0 Å². The maximum absolute atomic E-state index is 12.5. The number of ether oxygens (including phenoxy) is 2. The molecule has 0 N–H and O–H groups in total. The molecule has 134 valence electrons. The fraction of sp³-hybridized carbons (Fsp3) is 0.722. The zero-order valence-electron chi connectivity index (χ0n) is 14.7. The van der Waals surface area contributed by atoms with Crippen LogP contribution in [-0.2, 0) is 9.47 Å². The second-order valence-electron chi connectivity index (χ2n) is 7.05. The van der Waals surface area contributed by atoms with Crippen molar-refractivity contribution in [2.45, 2.75) is 12.8 Å². The predicted octanol–water partition coefficient (Wildman–Crippen LogP) is 1.73. The highest BCUT2D eigenvalue weighted by Gasteiger charge is 2.48. The number of furan rings is 1. The topological polar surface area (TPSA) is 55.2 Å². The van der Waals surface area contributed by atoms with Gasteiger partial charge in [0, 0.05) is 52.9 Å². The van der Waals surface area contributed by atoms with Crippen molar-refractivity contribution in [2.24, 2.45) is 11.3 Å². The van der Waals surface area contributed by atoms with Crippen molar-refractivity contribution in [3.63, 3.8) is 0 Å². The molecule has 2 aliphatic heterocycles. The second kappa shape index (κ2) is 7.68. The molecule has 1 aromatic rings. The van der Waals surface area contributed by atoms with Gasteiger partial charge in [0.2, 0.25) is 0 Å². The second-order valence-corrected chi connectivity index (χ2v) is 7.05. The van der Waals surface area contributed by atoms with Crippen LogP contribution >= 0.6 is 0 Å². The third kappa shape index (κ3) is 3.50. The molecule has 3 rings (SSSR count). The summed E-state index contributed by atoms with van der Waals surface area (Å²) >= 11 is 0. The Hall–Kier alpha value is -1.37. The summed E-state index contributed by atoms with van der Waals surface area (Å²) in [5.41, 5.74) is 0.907. The number of piperidine rings is 1. The first-order valence-electron chi connectivity index (χ1n) is 8.70. The fourth-order valence-corrected chi connectivity index (χ4v) is 4.26. The molecule has 1 spiro atoms. The van der Waals surface area contributed by atoms with E-state index in [2.05, 4.69) is 4.90 Å². The number of carbonyl (C=O) groups excluding carboxylic acids is 1. The molecule has 3 heterocycles. The van der Waals surface area contributed by atoms with Crippen LogP contribution in [-0.4, -0.2) is 75.9 Å². The molecule has 0 bridgehead atoms. The number of amides is 1. The average Bonchev–Trinajstić information content (AvgIpc) is 3.23. The summed E-state index contributed by atoms with van der Waals surface area (Å²) in [6.07, 6.45) is 5.16. The van der Waals surface area contributed by atoms with Gasteiger partial charge < -0.3 is 23.7 Å². The summed E-state index contributed by atoms with van der Waals surface area (Å²) in [6, 6.07) is 1.74. The Morgan fingerprint density at radius 2 is 2.12 bits per heavy atom. The van der Waals surface area contributed by atoms with Crippen molar-refractivity contribution in [1.82, 2.24) is 9.80 Å². The lowest BCUT2D eigenvalue weighted by atomic mass is 9.71. The van der Waals surface area contributed by atoms with E-state index in [1.54, 1.807) is 26.5 Å². The number of hydrogen-bond acceptors (Lipinski definition) is 5. The smallest absolute Gasteiger partial charge is 0.257 e. The Balaban J connectivity index is 1.62. The van der Waals surface area contributed by atoms with E-state index in [1.165, 1.54) is 6.26 Å². The summed E-state index contributed by atoms with van der Waals surface area (Å²) in [7, 11) is 3.53. The quantitative estimate of drug-likeness (QED) is 0.792. The van der Waals surface area contributed by atoms with Gasteiger partial charge in [-0.15, -0.1) is 0 Å². The molecule has 0 aromatic carbocycles. The van der Waals surface area contributed by atoms with E-state index >= 15 is 0 Å². The highest BCUT2D eigenvalue weighted by atomic mass is 16.5. The van der Waals surface area contributed by atoms with Crippen molar-refractivity contribution in [1.29, 1.82) is 0 Å². The molecule has 1 amide bonds. The van der Waals surface area contributed by atoms with Gasteiger partial charge in [-0.1, -0.05) is 0 Å². The maximum atomic E-state index is 12.5. The number of nitrogens with zero attached hydrogens (tertiary/aromatic N) is 2. The molecule has 6 heteroatoms. The minimum absolute atomic E-state index is 0.0797. The van der Waals surface area contributed by atoms with Gasteiger partial charge in [0.15, 0.2) is 0 Å². The fourth-order valence-electron chi connectivity index (χ4n) is 4.26. The Morgan fingerprint density at radius 3 is 2.75 bits per heavy atom. The molecule has 0 aliphatic carbocycles. The monoisotopic (exact) mass is 336 g/mol. The average molecular weight is 336 g/mol. The van der Waals surface area contributed by atoms with Crippen molar-refractivity contribution < 1.29 is 18.7 Å². The lowest BCUT2D eigenvalue weighted by Gasteiger charge is -2.42. The highest BCUT2D eigenvalue weighted by molar-refractivity contribution is 5.93. The summed E-state index contributed by atoms with van der Waals surface area (Å²) in [6.45, 7) is 6.28. The first-order chi connectivity index (χ1) is 11.7. The number of carbonyl (C=O) groups is 1. The van der Waals surface area contributed by atoms with Crippen LogP contribution in [0, 0.1) is 11.3 Å². The van der Waals surface area contributed by atoms with Crippen LogP contribution in [0.2, 0.25) is 0 Å². The van der Waals surface area contributed by atoms with Gasteiger partial charge in [-0.25, -0.2) is 0 Å². The molecular weight excluding hydrogens is 308 g/mol. The van der Waals surface area contributed by atoms with Gasteiger partial charge in [-0.2, -0.15) is 0 Å². The molecule has 0 saturated carbocycles. The molecule has 2 aliphatic rings. The molecule has 0 radical (unpaired) electrons. The van der Waals surface area contributed by atoms with Crippen LogP contribution in [0.1, 0.15) is 23.2 Å². The van der Waals surface area contributed by atoms with Gasteiger partial charge in [0.1, 0.15) is 6.26 Å². The molecule has 1 aromatic heterocycles. The number of rotatable bonds is 6. The Kier molecular flexibility index (Phi) is 5.58. The normalized spacial score (nSPS) is 23.9. The molecule has 6 nitrogen and oxygen atoms in total. The minimum Gasteiger partial charge on any atom is -0.472 e. The van der Waals surface area contributed by atoms with Crippen molar-refractivity contribution in [3.05, 3.63) is 24.2 Å². The van der Waals surface area contributed by atoms with Crippen molar-refractivity contribution in [2.75, 3.05) is 60.2 Å². The minimum atomic E-state index is 0.0797. The third-order valence-corrected chi connectivity index (χ3v) is 5.68. The maximum Gasteiger partial charge on any atom is 0.257 e. The zero-order chi connectivity index (χ0) is 17.0. The molecule has 1 atom stereocenters. The van der Waals surface area contributed by atoms with Gasteiger partial charge in [0.05, 0.1) is 25.0 Å². The Labute approximate surface area is 143 Å². The van der Waals surface area contributed by atoms with E-state index in [0.29, 0.717) is 11.5 Å². The Bertz CT molecular complexity index is 523. The SMILES string of the molecule is COCCN1C[C@H](COC)C2(CCN(C(=O)c3ccoc3)CC2)C1. The van der Waals surface area contributed by atoms with E-state index in [9.17, 15) is 4.79 Å². The third-order valence-electron chi connectivity index (χ3n) is 5.68. The number of methoxy groups -OCH3 is 2. The summed E-state index contributed by atoms with van der Waals surface area (Å²) in [5, 5.41) is 0. The van der Waals surface area contributed by atoms with E-state index in [-0.39, 0.29) is 11.3 Å². The first kappa shape index (κ1) is 17.5. The van der Waals surface area contributed by atoms with E-state index in [0.717, 1.165) is 58.8 Å². The molecule has 2 fully saturated rings. The molecule has 0 unspecified atom stereocenters. The van der Waals surface area contributed by atoms with Crippen molar-refractivity contribution >= 4 is 5.91 Å². The first-order valence-corrected chi connectivity index (χ1v) is 8.70. The summed E-state index contributed by atoms with van der Waals surface area (Å²) in [4.78, 5) is 16.9. The van der Waals surface area contributed by atoms with Crippen LogP contribution in [0.4, 0.5) is 0 Å². The van der Waals surface area contributed by atoms with Crippen LogP contribution in [0.25, 0.3) is 0 Å². The predicted molar refractivity (Wildman–Crippen MR) is 90.0 cm³/mol. The lowest BCUT2D eigenvalue weighted by molar-refractivity contribution is 0.0320. The van der Waals surface area contributed by atoms with Crippen LogP contribution in [0.3, 0.4) is 0 Å². The Morgan fingerprint density at radius 1 is 1.33 bits per heavy atom. The van der Waals surface area contributed by atoms with Gasteiger partial charge in [-0.3, -0.25) is 4.79 Å². The highest BCUT2D eigenvalue weighted by Crippen LogP contribution is 2.44. The van der Waals surface area contributed by atoms with E-state index in [1.807, 2.05) is 4.90 Å². The van der Waals surface area contributed by atoms with E-state index < -0.39 is 0 Å². The van der Waals surface area contributed by atoms with E-state index in [4.69, 9.17) is 13.9 Å². The standard InChI is InChI=1S/C18H28N2O4/c1-22-10-8-19-11-16(13-23-2)18(14-19)4-6-20(7-5-18)17(21)15-3-9-24-12-15/h3,9,12,16H,4-8,10-11,13-14H2,1-2H3/t16-/m1/s1. The largest absolute Gasteiger partial charge is 0.472 e. The van der Waals surface area contributed by atoms with Crippen LogP contribution in [0.5, 0.6) is 0 Å². The van der Waals surface area contributed by atoms with Crippen molar-refractivity contribution in [3.8, 4) is 0 Å². The molecule has 24 heavy (non-hydrogen) atoms. The zero-order valence-corrected chi connectivity index (χ0v) is 14.7. The van der Waals surface area contributed by atoms with Gasteiger partial charge >= 0.3 is 0 Å². The molecular formula is C18H28N2O4. The molecule has 2 saturated heterocycles. The number of hydrogen-bond donors (Lipinski definition) is 0. The van der Waals surface area contributed by atoms with Gasteiger partial charge in [-0.05, 0) is 24.3 Å². The number of likely N-dealkylation sites (tertiary alicyclic amines) is 2. The summed E-state index contributed by atoms with van der Waals surface area (Å²) < 4.78 is 15.8. The van der Waals surface area contributed by atoms with Crippen LogP contribution < -0.4 is 0 Å².